The normalized spacial score (nSPS) is 8.95. The van der Waals surface area contributed by atoms with Gasteiger partial charge in [-0.3, -0.25) is 8.42 Å². The molecule has 0 atom stereocenters. The first-order valence-electron chi connectivity index (χ1n) is 3.84. The fraction of sp³-hybridized carbons (Fsp3) is 0. The zero-order valence-corrected chi connectivity index (χ0v) is 14.9. The molecule has 0 spiro atoms. The molecular formula is C8H6Na2O8S. The molecule has 0 saturated heterocycles. The first kappa shape index (κ1) is 24.1. The van der Waals surface area contributed by atoms with Crippen LogP contribution in [-0.2, 0) is 10.4 Å². The average molecular weight is 308 g/mol. The summed E-state index contributed by atoms with van der Waals surface area (Å²) in [5, 5.41) is 17.0. The Morgan fingerprint density at radius 3 is 1.42 bits per heavy atom. The maximum Gasteiger partial charge on any atom is 1.00 e. The van der Waals surface area contributed by atoms with Gasteiger partial charge in [-0.15, -0.1) is 0 Å². The zero-order chi connectivity index (χ0) is 13.6. The summed E-state index contributed by atoms with van der Waals surface area (Å²) in [6.07, 6.45) is 0. The van der Waals surface area contributed by atoms with E-state index < -0.39 is 22.3 Å². The average Bonchev–Trinajstić information content (AvgIpc) is 2.15. The molecule has 0 amide bonds. The third kappa shape index (κ3) is 14.3. The third-order valence-corrected chi connectivity index (χ3v) is 1.36. The van der Waals surface area contributed by atoms with Crippen LogP contribution in [0.5, 0.6) is 0 Å². The van der Waals surface area contributed by atoms with Crippen molar-refractivity contribution in [2.24, 2.45) is 0 Å². The first-order chi connectivity index (χ1) is 7.61. The van der Waals surface area contributed by atoms with Gasteiger partial charge in [-0.2, -0.15) is 0 Å². The second kappa shape index (κ2) is 10.8. The molecule has 0 unspecified atom stereocenters. The van der Waals surface area contributed by atoms with E-state index in [4.69, 9.17) is 27.7 Å². The summed E-state index contributed by atoms with van der Waals surface area (Å²) in [5.74, 6) is -2.25. The molecule has 0 fully saturated rings. The monoisotopic (exact) mass is 308 g/mol. The number of benzene rings is 1. The van der Waals surface area contributed by atoms with Gasteiger partial charge in [-0.25, -0.2) is 9.59 Å². The molecule has 0 aliphatic heterocycles. The Bertz CT molecular complexity index is 490. The predicted molar refractivity (Wildman–Crippen MR) is 50.8 cm³/mol. The Hall–Kier alpha value is 0.0300. The molecule has 0 aromatic heterocycles. The van der Waals surface area contributed by atoms with Crippen LogP contribution >= 0.6 is 0 Å². The van der Waals surface area contributed by atoms with E-state index in [1.54, 1.807) is 0 Å². The molecule has 19 heavy (non-hydrogen) atoms. The molecule has 0 saturated carbocycles. The summed E-state index contributed by atoms with van der Waals surface area (Å²) in [6, 6.07) is 5.20. The van der Waals surface area contributed by atoms with Crippen LogP contribution in [0.25, 0.3) is 0 Å². The number of hydrogen-bond donors (Lipinski definition) is 2. The maximum absolute atomic E-state index is 10.4. The second-order valence-corrected chi connectivity index (χ2v) is 3.42. The van der Waals surface area contributed by atoms with E-state index in [2.05, 4.69) is 0 Å². The fourth-order valence-electron chi connectivity index (χ4n) is 0.785. The third-order valence-electron chi connectivity index (χ3n) is 1.36. The molecule has 0 bridgehead atoms. The summed E-state index contributed by atoms with van der Waals surface area (Å²) >= 11 is 0. The van der Waals surface area contributed by atoms with Crippen molar-refractivity contribution in [1.82, 2.24) is 0 Å². The van der Waals surface area contributed by atoms with Crippen molar-refractivity contribution in [2.75, 3.05) is 0 Å². The van der Waals surface area contributed by atoms with Gasteiger partial charge < -0.3 is 19.3 Å². The van der Waals surface area contributed by atoms with Gasteiger partial charge >= 0.3 is 71.1 Å². The van der Waals surface area contributed by atoms with E-state index >= 15 is 0 Å². The van der Waals surface area contributed by atoms with Crippen molar-refractivity contribution >= 4 is 22.3 Å². The van der Waals surface area contributed by atoms with Gasteiger partial charge in [0.1, 0.15) is 0 Å². The number of carboxylic acids is 2. The van der Waals surface area contributed by atoms with Crippen LogP contribution in [0, 0.1) is 0 Å². The van der Waals surface area contributed by atoms with Crippen LogP contribution in [0.1, 0.15) is 20.7 Å². The van der Waals surface area contributed by atoms with E-state index in [0.29, 0.717) is 0 Å². The van der Waals surface area contributed by atoms with E-state index in [0.717, 1.165) is 6.07 Å². The Kier molecular flexibility index (Phi) is 13.7. The van der Waals surface area contributed by atoms with Gasteiger partial charge in [0.25, 0.3) is 0 Å². The molecule has 0 aliphatic carbocycles. The Labute approximate surface area is 153 Å². The van der Waals surface area contributed by atoms with Gasteiger partial charge in [0.2, 0.25) is 0 Å². The van der Waals surface area contributed by atoms with Crippen molar-refractivity contribution < 1.29 is 96.4 Å². The Morgan fingerprint density at radius 2 is 1.21 bits per heavy atom. The molecule has 1 aromatic rings. The molecule has 0 aliphatic rings. The summed E-state index contributed by atoms with van der Waals surface area (Å²) < 4.78 is 34.1. The number of carbonyl (C=O) groups is 2. The van der Waals surface area contributed by atoms with Gasteiger partial charge in [-0.1, -0.05) is 6.07 Å². The van der Waals surface area contributed by atoms with Crippen molar-refractivity contribution in [3.63, 3.8) is 0 Å². The minimum Gasteiger partial charge on any atom is -0.759 e. The minimum atomic E-state index is -5.17. The number of hydrogen-bond acceptors (Lipinski definition) is 6. The van der Waals surface area contributed by atoms with Gasteiger partial charge in [0.05, 0.1) is 11.1 Å². The first-order valence-corrected chi connectivity index (χ1v) is 5.18. The van der Waals surface area contributed by atoms with Crippen LogP contribution in [-0.4, -0.2) is 39.7 Å². The molecule has 94 valence electrons. The number of aromatic carboxylic acids is 2. The topological polar surface area (TPSA) is 155 Å². The Morgan fingerprint density at radius 1 is 0.947 bits per heavy atom. The largest absolute Gasteiger partial charge is 1.00 e. The van der Waals surface area contributed by atoms with Crippen LogP contribution < -0.4 is 59.1 Å². The van der Waals surface area contributed by atoms with Crippen molar-refractivity contribution in [3.8, 4) is 0 Å². The second-order valence-electron chi connectivity index (χ2n) is 2.60. The van der Waals surface area contributed by atoms with Crippen molar-refractivity contribution in [3.05, 3.63) is 35.4 Å². The van der Waals surface area contributed by atoms with Gasteiger partial charge in [0.15, 0.2) is 0 Å². The van der Waals surface area contributed by atoms with Crippen molar-refractivity contribution in [1.29, 1.82) is 0 Å². The van der Waals surface area contributed by atoms with E-state index in [1.807, 2.05) is 0 Å². The summed E-state index contributed by atoms with van der Waals surface area (Å²) in [6.45, 7) is 0. The van der Waals surface area contributed by atoms with E-state index in [1.165, 1.54) is 18.2 Å². The van der Waals surface area contributed by atoms with E-state index in [9.17, 15) is 9.59 Å². The van der Waals surface area contributed by atoms with E-state index in [-0.39, 0.29) is 70.2 Å². The molecule has 8 nitrogen and oxygen atoms in total. The molecule has 11 heteroatoms. The molecule has 0 heterocycles. The maximum atomic E-state index is 10.4. The number of carboxylic acid groups (broad SMARTS) is 2. The standard InChI is InChI=1S/C8H6O4.2Na.H2O4S/c9-7(10)5-2-1-3-6(4-5)8(11)12;;;1-5(2,3)4/h1-4H,(H,9,10)(H,11,12);;;(H2,1,2,3,4)/q;2*+1;/p-2. The minimum absolute atomic E-state index is 0. The predicted octanol–water partition coefficient (Wildman–Crippen LogP) is -6.25. The van der Waals surface area contributed by atoms with Gasteiger partial charge in [-0.05, 0) is 18.2 Å². The smallest absolute Gasteiger partial charge is 0.759 e. The van der Waals surface area contributed by atoms with Crippen LogP contribution in [0.4, 0.5) is 0 Å². The summed E-state index contributed by atoms with van der Waals surface area (Å²) in [7, 11) is -5.17. The summed E-state index contributed by atoms with van der Waals surface area (Å²) in [5.41, 5.74) is -0.0372. The van der Waals surface area contributed by atoms with Crippen LogP contribution in [0.15, 0.2) is 24.3 Å². The molecular weight excluding hydrogens is 302 g/mol. The van der Waals surface area contributed by atoms with Crippen molar-refractivity contribution in [2.45, 2.75) is 0 Å². The molecule has 1 aromatic carbocycles. The summed E-state index contributed by atoms with van der Waals surface area (Å²) in [4.78, 5) is 20.8. The molecule has 0 radical (unpaired) electrons. The van der Waals surface area contributed by atoms with Gasteiger partial charge in [0, 0.05) is 10.4 Å². The van der Waals surface area contributed by atoms with Crippen LogP contribution in [0.2, 0.25) is 0 Å². The van der Waals surface area contributed by atoms with Crippen LogP contribution in [0.3, 0.4) is 0 Å². The number of rotatable bonds is 2. The SMILES string of the molecule is O=C(O)c1cccc(C(=O)O)c1.O=S(=O)([O-])[O-].[Na+].[Na+]. The molecule has 2 N–H and O–H groups in total. The quantitative estimate of drug-likeness (QED) is 0.310. The molecule has 1 rings (SSSR count). The fourth-order valence-corrected chi connectivity index (χ4v) is 0.785. The zero-order valence-electron chi connectivity index (χ0n) is 10.1. The Balaban J connectivity index is -0.000000320.